The second-order valence-electron chi connectivity index (χ2n) is 10.3. The molecule has 0 fully saturated rings. The molecule has 5 rings (SSSR count). The van der Waals surface area contributed by atoms with E-state index in [4.69, 9.17) is 21.7 Å². The second-order valence-corrected chi connectivity index (χ2v) is 13.0. The molecule has 9 nitrogen and oxygen atoms in total. The number of thiocarbonyl (C=S) groups is 1. The highest BCUT2D eigenvalue weighted by molar-refractivity contribution is 8.29. The van der Waals surface area contributed by atoms with E-state index >= 15 is 0 Å². The number of nitrogens with zero attached hydrogens (tertiary/aromatic N) is 2. The van der Waals surface area contributed by atoms with E-state index in [1.165, 1.54) is 26.0 Å². The SMILES string of the molecule is COC(=O)C1=C(C(=O)OC)SC(=C2C(=S)C(C)(C)N(C(=O)[C@@H](C)N3C(=O)c4ccccc4C3=O)c3cc(C)ccc32)S1. The number of methoxy groups -OCH3 is 2. The Labute approximate surface area is 256 Å². The van der Waals surface area contributed by atoms with Gasteiger partial charge < -0.3 is 9.47 Å². The zero-order valence-corrected chi connectivity index (χ0v) is 26.0. The summed E-state index contributed by atoms with van der Waals surface area (Å²) in [6.07, 6.45) is 0. The lowest BCUT2D eigenvalue weighted by Crippen LogP contribution is -2.61. The first-order chi connectivity index (χ1) is 19.8. The van der Waals surface area contributed by atoms with Crippen LogP contribution in [0, 0.1) is 6.92 Å². The molecule has 1 atom stereocenters. The number of hydrogen-bond donors (Lipinski definition) is 0. The van der Waals surface area contributed by atoms with Crippen LogP contribution in [0.5, 0.6) is 0 Å². The minimum atomic E-state index is -1.13. The van der Waals surface area contributed by atoms with Gasteiger partial charge >= 0.3 is 11.9 Å². The first-order valence-corrected chi connectivity index (χ1v) is 14.9. The number of carbonyl (C=O) groups is 5. The second kappa shape index (κ2) is 10.8. The molecule has 42 heavy (non-hydrogen) atoms. The van der Waals surface area contributed by atoms with Gasteiger partial charge in [-0.25, -0.2) is 9.59 Å². The molecule has 2 aromatic rings. The number of rotatable bonds is 4. The van der Waals surface area contributed by atoms with Crippen LogP contribution in [-0.4, -0.2) is 65.2 Å². The number of esters is 2. The fourth-order valence-electron chi connectivity index (χ4n) is 5.18. The van der Waals surface area contributed by atoms with Crippen molar-refractivity contribution in [2.75, 3.05) is 19.1 Å². The molecule has 0 aliphatic carbocycles. The zero-order valence-electron chi connectivity index (χ0n) is 23.6. The summed E-state index contributed by atoms with van der Waals surface area (Å²) in [5.41, 5.74) is 1.99. The third-order valence-electron chi connectivity index (χ3n) is 7.34. The number of anilines is 1. The van der Waals surface area contributed by atoms with Gasteiger partial charge in [-0.05, 0) is 51.5 Å². The van der Waals surface area contributed by atoms with E-state index in [0.29, 0.717) is 25.9 Å². The number of hydrogen-bond acceptors (Lipinski definition) is 10. The van der Waals surface area contributed by atoms with E-state index < -0.39 is 41.2 Å². The number of fused-ring (bicyclic) bond motifs is 2. The highest BCUT2D eigenvalue weighted by Gasteiger charge is 2.50. The number of ether oxygens (including phenoxy) is 2. The molecule has 3 aliphatic heterocycles. The maximum absolute atomic E-state index is 14.3. The summed E-state index contributed by atoms with van der Waals surface area (Å²) in [5.74, 6) is -2.91. The Morgan fingerprint density at radius 1 is 0.881 bits per heavy atom. The van der Waals surface area contributed by atoms with E-state index in [1.54, 1.807) is 38.1 Å². The molecule has 0 bridgehead atoms. The molecular weight excluding hydrogens is 597 g/mol. The smallest absolute Gasteiger partial charge is 0.346 e. The Balaban J connectivity index is 1.61. The van der Waals surface area contributed by atoms with Crippen molar-refractivity contribution in [1.82, 2.24) is 4.90 Å². The molecule has 3 heterocycles. The van der Waals surface area contributed by atoms with Crippen molar-refractivity contribution in [3.63, 3.8) is 0 Å². The maximum atomic E-state index is 14.3. The van der Waals surface area contributed by atoms with E-state index in [0.717, 1.165) is 34.0 Å². The van der Waals surface area contributed by atoms with Gasteiger partial charge in [0.15, 0.2) is 0 Å². The topological polar surface area (TPSA) is 110 Å². The third kappa shape index (κ3) is 4.48. The third-order valence-corrected chi connectivity index (χ3v) is 10.6. The van der Waals surface area contributed by atoms with E-state index in [2.05, 4.69) is 0 Å². The van der Waals surface area contributed by atoms with E-state index in [9.17, 15) is 24.0 Å². The van der Waals surface area contributed by atoms with Crippen LogP contribution in [0.3, 0.4) is 0 Å². The highest BCUT2D eigenvalue weighted by Crippen LogP contribution is 2.56. The lowest BCUT2D eigenvalue weighted by Gasteiger charge is -2.46. The largest absolute Gasteiger partial charge is 0.465 e. The fraction of sp³-hybridized carbons (Fsp3) is 0.267. The summed E-state index contributed by atoms with van der Waals surface area (Å²) in [5, 5.41) is 0. The van der Waals surface area contributed by atoms with Crippen LogP contribution in [-0.2, 0) is 23.9 Å². The van der Waals surface area contributed by atoms with Gasteiger partial charge in [-0.1, -0.05) is 60.0 Å². The standard InChI is InChI=1S/C30H26N2O7S3/c1-14-11-12-18-19(13-14)32(24(33)15(2)31-25(34)16-9-7-8-10-17(16)26(31)35)30(3,4)23(40)20(18)29-41-21(27(36)38-5)22(42-29)28(37)39-6/h7-13,15H,1-6H3/t15-/m1/s1. The molecule has 216 valence electrons. The Morgan fingerprint density at radius 2 is 1.40 bits per heavy atom. The molecule has 2 aromatic carbocycles. The van der Waals surface area contributed by atoms with Crippen molar-refractivity contribution in [2.24, 2.45) is 0 Å². The lowest BCUT2D eigenvalue weighted by molar-refractivity contribution is -0.138. The maximum Gasteiger partial charge on any atom is 0.346 e. The van der Waals surface area contributed by atoms with Gasteiger partial charge in [-0.2, -0.15) is 0 Å². The molecule has 0 radical (unpaired) electrons. The zero-order chi connectivity index (χ0) is 30.7. The average molecular weight is 623 g/mol. The van der Waals surface area contributed by atoms with Crippen molar-refractivity contribution in [3.8, 4) is 0 Å². The number of amides is 3. The van der Waals surface area contributed by atoms with Crippen LogP contribution >= 0.6 is 35.7 Å². The molecule has 0 spiro atoms. The van der Waals surface area contributed by atoms with Crippen LogP contribution in [0.2, 0.25) is 0 Å². The first-order valence-electron chi connectivity index (χ1n) is 12.8. The van der Waals surface area contributed by atoms with Crippen molar-refractivity contribution in [2.45, 2.75) is 39.3 Å². The normalized spacial score (nSPS) is 18.3. The number of benzene rings is 2. The molecule has 0 saturated heterocycles. The molecule has 0 aromatic heterocycles. The predicted molar refractivity (Wildman–Crippen MR) is 165 cm³/mol. The number of aryl methyl sites for hydroxylation is 1. The molecule has 0 saturated carbocycles. The van der Waals surface area contributed by atoms with Crippen molar-refractivity contribution in [3.05, 3.63) is 78.8 Å². The summed E-state index contributed by atoms with van der Waals surface area (Å²) in [4.78, 5) is 69.0. The lowest BCUT2D eigenvalue weighted by atomic mass is 9.82. The number of carbonyl (C=O) groups excluding carboxylic acids is 5. The van der Waals surface area contributed by atoms with Gasteiger partial charge in [0.1, 0.15) is 15.9 Å². The van der Waals surface area contributed by atoms with Gasteiger partial charge in [-0.15, -0.1) is 0 Å². The van der Waals surface area contributed by atoms with Crippen molar-refractivity contribution < 1.29 is 33.4 Å². The van der Waals surface area contributed by atoms with E-state index in [1.807, 2.05) is 25.1 Å². The highest BCUT2D eigenvalue weighted by atomic mass is 32.2. The quantitative estimate of drug-likeness (QED) is 0.203. The molecule has 3 aliphatic rings. The van der Waals surface area contributed by atoms with Gasteiger partial charge in [0.25, 0.3) is 17.7 Å². The summed E-state index contributed by atoms with van der Waals surface area (Å²) >= 11 is 8.14. The van der Waals surface area contributed by atoms with Gasteiger partial charge in [0.2, 0.25) is 0 Å². The minimum Gasteiger partial charge on any atom is -0.465 e. The van der Waals surface area contributed by atoms with Gasteiger partial charge in [-0.3, -0.25) is 24.2 Å². The first kappa shape index (κ1) is 29.7. The molecule has 3 amide bonds. The van der Waals surface area contributed by atoms with Crippen LogP contribution < -0.4 is 4.90 Å². The number of thioether (sulfide) groups is 2. The monoisotopic (exact) mass is 622 g/mol. The minimum absolute atomic E-state index is 0.0869. The van der Waals surface area contributed by atoms with Crippen LogP contribution in [0.4, 0.5) is 5.69 Å². The van der Waals surface area contributed by atoms with Gasteiger partial charge in [0.05, 0.1) is 45.7 Å². The summed E-state index contributed by atoms with van der Waals surface area (Å²) < 4.78 is 10.4. The summed E-state index contributed by atoms with van der Waals surface area (Å²) in [7, 11) is 2.46. The van der Waals surface area contributed by atoms with Gasteiger partial charge in [0, 0.05) is 11.1 Å². The van der Waals surface area contributed by atoms with Crippen LogP contribution in [0.25, 0.3) is 5.57 Å². The Kier molecular flexibility index (Phi) is 7.67. The average Bonchev–Trinajstić information content (AvgIpc) is 3.51. The Hall–Kier alpha value is -3.74. The fourth-order valence-corrected chi connectivity index (χ4v) is 8.21. The molecule has 0 unspecified atom stereocenters. The van der Waals surface area contributed by atoms with Crippen molar-refractivity contribution in [1.29, 1.82) is 0 Å². The van der Waals surface area contributed by atoms with Crippen LogP contribution in [0.15, 0.2) is 56.5 Å². The molecule has 12 heteroatoms. The van der Waals surface area contributed by atoms with Crippen LogP contribution in [0.1, 0.15) is 52.6 Å². The predicted octanol–water partition coefficient (Wildman–Crippen LogP) is 4.88. The van der Waals surface area contributed by atoms with Crippen molar-refractivity contribution >= 4 is 81.5 Å². The van der Waals surface area contributed by atoms with E-state index in [-0.39, 0.29) is 20.9 Å². The Morgan fingerprint density at radius 3 is 1.90 bits per heavy atom. The summed E-state index contributed by atoms with van der Waals surface area (Å²) in [6, 6.07) is 10.9. The Bertz CT molecular complexity index is 1630. The summed E-state index contributed by atoms with van der Waals surface area (Å²) in [6.45, 7) is 6.99. The molecule has 0 N–H and O–H groups in total. The molecular formula is C30H26N2O7S3. The number of imide groups is 1.